The van der Waals surface area contributed by atoms with Crippen molar-refractivity contribution in [3.63, 3.8) is 0 Å². The highest BCUT2D eigenvalue weighted by molar-refractivity contribution is 14.2. The number of amides is 1. The lowest BCUT2D eigenvalue weighted by atomic mass is 9.86. The van der Waals surface area contributed by atoms with Crippen molar-refractivity contribution in [2.24, 2.45) is 0 Å². The van der Waals surface area contributed by atoms with E-state index >= 15 is 0 Å². The van der Waals surface area contributed by atoms with Crippen molar-refractivity contribution in [1.82, 2.24) is 19.3 Å². The first kappa shape index (κ1) is 21.7. The molecule has 3 aromatic rings. The smallest absolute Gasteiger partial charge is 0.407 e. The molecule has 160 valence electrons. The van der Waals surface area contributed by atoms with Crippen molar-refractivity contribution in [2.75, 3.05) is 5.32 Å². The SMILES string of the molecule is Cc1cnc(-c2cnc3c(ccn3SI)c2N[C@H]2C[C@@H](NC(=O)OC(C)(C)C)C2)s1. The Morgan fingerprint density at radius 3 is 2.70 bits per heavy atom. The molecule has 1 saturated carbocycles. The van der Waals surface area contributed by atoms with E-state index in [1.54, 1.807) is 20.5 Å². The van der Waals surface area contributed by atoms with Gasteiger partial charge in [-0.1, -0.05) is 0 Å². The van der Waals surface area contributed by atoms with Gasteiger partial charge < -0.3 is 15.4 Å². The lowest BCUT2D eigenvalue weighted by Crippen LogP contribution is -2.50. The second-order valence-electron chi connectivity index (χ2n) is 8.43. The fourth-order valence-electron chi connectivity index (χ4n) is 3.45. The van der Waals surface area contributed by atoms with Crippen LogP contribution < -0.4 is 10.6 Å². The minimum absolute atomic E-state index is 0.120. The maximum absolute atomic E-state index is 12.0. The van der Waals surface area contributed by atoms with E-state index in [4.69, 9.17) is 4.74 Å². The van der Waals surface area contributed by atoms with Gasteiger partial charge in [-0.25, -0.2) is 14.8 Å². The summed E-state index contributed by atoms with van der Waals surface area (Å²) in [6.07, 6.45) is 7.17. The first-order chi connectivity index (χ1) is 14.2. The molecule has 1 fully saturated rings. The van der Waals surface area contributed by atoms with E-state index in [9.17, 15) is 4.79 Å². The molecular formula is C20H24IN5O2S2. The van der Waals surface area contributed by atoms with Crippen LogP contribution in [0.1, 0.15) is 38.5 Å². The monoisotopic (exact) mass is 557 g/mol. The van der Waals surface area contributed by atoms with Gasteiger partial charge in [0.15, 0.2) is 5.65 Å². The van der Waals surface area contributed by atoms with Gasteiger partial charge in [0.1, 0.15) is 10.6 Å². The molecule has 4 rings (SSSR count). The molecule has 0 radical (unpaired) electrons. The van der Waals surface area contributed by atoms with Crippen molar-refractivity contribution < 1.29 is 9.53 Å². The van der Waals surface area contributed by atoms with Gasteiger partial charge in [-0.05, 0) is 46.6 Å². The van der Waals surface area contributed by atoms with Crippen LogP contribution in [0.2, 0.25) is 0 Å². The van der Waals surface area contributed by atoms with Gasteiger partial charge in [-0.2, -0.15) is 0 Å². The molecule has 0 atom stereocenters. The summed E-state index contributed by atoms with van der Waals surface area (Å²) < 4.78 is 7.41. The highest BCUT2D eigenvalue weighted by Gasteiger charge is 2.32. The van der Waals surface area contributed by atoms with E-state index in [2.05, 4.69) is 54.8 Å². The van der Waals surface area contributed by atoms with Crippen LogP contribution in [0.5, 0.6) is 0 Å². The first-order valence-electron chi connectivity index (χ1n) is 9.71. The first-order valence-corrected chi connectivity index (χ1v) is 13.8. The van der Waals surface area contributed by atoms with Crippen LogP contribution in [0.4, 0.5) is 10.5 Å². The summed E-state index contributed by atoms with van der Waals surface area (Å²) in [5.74, 6) is 0. The molecule has 0 unspecified atom stereocenters. The fourth-order valence-corrected chi connectivity index (χ4v) is 5.50. The predicted octanol–water partition coefficient (Wildman–Crippen LogP) is 5.78. The Morgan fingerprint density at radius 2 is 2.07 bits per heavy atom. The lowest BCUT2D eigenvalue weighted by Gasteiger charge is -2.37. The Morgan fingerprint density at radius 1 is 1.30 bits per heavy atom. The summed E-state index contributed by atoms with van der Waals surface area (Å²) >= 11 is 3.92. The van der Waals surface area contributed by atoms with Gasteiger partial charge in [-0.15, -0.1) is 11.3 Å². The molecule has 7 nitrogen and oxygen atoms in total. The number of fused-ring (bicyclic) bond motifs is 1. The largest absolute Gasteiger partial charge is 0.444 e. The number of carbonyl (C=O) groups excluding carboxylic acids is 1. The van der Waals surface area contributed by atoms with Gasteiger partial charge >= 0.3 is 6.09 Å². The zero-order valence-corrected chi connectivity index (χ0v) is 21.0. The van der Waals surface area contributed by atoms with Crippen molar-refractivity contribution in [2.45, 2.75) is 58.2 Å². The third-order valence-corrected chi connectivity index (χ3v) is 7.48. The number of anilines is 1. The van der Waals surface area contributed by atoms with Crippen LogP contribution in [0, 0.1) is 6.92 Å². The van der Waals surface area contributed by atoms with E-state index in [0.717, 1.165) is 40.1 Å². The summed E-state index contributed by atoms with van der Waals surface area (Å²) in [5.41, 5.74) is 2.51. The number of aromatic nitrogens is 3. The van der Waals surface area contributed by atoms with Crippen molar-refractivity contribution >= 4 is 64.5 Å². The third-order valence-electron chi connectivity index (χ3n) is 4.81. The van der Waals surface area contributed by atoms with E-state index in [0.29, 0.717) is 0 Å². The van der Waals surface area contributed by atoms with Crippen molar-refractivity contribution in [3.8, 4) is 10.6 Å². The average Bonchev–Trinajstić information content (AvgIpc) is 3.24. The van der Waals surface area contributed by atoms with Crippen molar-refractivity contribution in [1.29, 1.82) is 0 Å². The number of carbonyl (C=O) groups is 1. The molecule has 0 aromatic carbocycles. The van der Waals surface area contributed by atoms with Gasteiger partial charge in [0.05, 0.1) is 11.3 Å². The number of rotatable bonds is 5. The molecule has 1 aliphatic rings. The number of halogens is 1. The number of thiazole rings is 1. The molecule has 0 aliphatic heterocycles. The topological polar surface area (TPSA) is 81.1 Å². The average molecular weight is 557 g/mol. The molecule has 3 aromatic heterocycles. The van der Waals surface area contributed by atoms with Gasteiger partial charge in [0.2, 0.25) is 0 Å². The summed E-state index contributed by atoms with van der Waals surface area (Å²) in [4.78, 5) is 22.4. The minimum atomic E-state index is -0.487. The molecule has 0 saturated heterocycles. The minimum Gasteiger partial charge on any atom is -0.444 e. The Kier molecular flexibility index (Phi) is 6.18. The van der Waals surface area contributed by atoms with E-state index in [1.165, 1.54) is 4.88 Å². The maximum atomic E-state index is 12.0. The van der Waals surface area contributed by atoms with E-state index in [-0.39, 0.29) is 18.2 Å². The van der Waals surface area contributed by atoms with Crippen LogP contribution in [0.15, 0.2) is 24.7 Å². The van der Waals surface area contributed by atoms with E-state index < -0.39 is 5.60 Å². The number of hydrogen-bond acceptors (Lipinski definition) is 7. The standard InChI is InChI=1S/C20H24IN5O2S2/c1-11-9-23-18(29-11)15-10-22-17-14(5-6-26(17)30-21)16(15)24-12-7-13(8-12)25-19(27)28-20(2,3)4/h5-6,9-10,12-13H,7-8H2,1-4H3,(H,22,24)(H,25,27)/t12-,13+. The lowest BCUT2D eigenvalue weighted by molar-refractivity contribution is 0.0475. The Balaban J connectivity index is 1.52. The number of nitrogens with zero attached hydrogens (tertiary/aromatic N) is 3. The number of hydrogen-bond donors (Lipinski definition) is 2. The van der Waals surface area contributed by atoms with Crippen LogP contribution in [-0.2, 0) is 4.74 Å². The Labute approximate surface area is 196 Å². The van der Waals surface area contributed by atoms with Crippen molar-refractivity contribution in [3.05, 3.63) is 29.5 Å². The highest BCUT2D eigenvalue weighted by Crippen LogP contribution is 2.39. The molecule has 10 heteroatoms. The number of pyridine rings is 1. The molecule has 1 aliphatic carbocycles. The second-order valence-corrected chi connectivity index (χ2v) is 11.4. The van der Waals surface area contributed by atoms with Gasteiger partial charge in [-0.3, -0.25) is 3.97 Å². The normalized spacial score (nSPS) is 18.8. The molecule has 0 bridgehead atoms. The summed E-state index contributed by atoms with van der Waals surface area (Å²) in [7, 11) is 1.59. The zero-order valence-electron chi connectivity index (χ0n) is 17.2. The predicted molar refractivity (Wildman–Crippen MR) is 132 cm³/mol. The zero-order chi connectivity index (χ0) is 21.5. The molecule has 2 N–H and O–H groups in total. The number of alkyl carbamates (subject to hydrolysis) is 1. The van der Waals surface area contributed by atoms with Crippen LogP contribution in [0.25, 0.3) is 21.6 Å². The summed E-state index contributed by atoms with van der Waals surface area (Å²) in [6.45, 7) is 7.67. The van der Waals surface area contributed by atoms with Crippen LogP contribution in [-0.4, -0.2) is 37.7 Å². The molecule has 30 heavy (non-hydrogen) atoms. The number of ether oxygens (including phenoxy) is 1. The maximum Gasteiger partial charge on any atom is 0.407 e. The van der Waals surface area contributed by atoms with Gasteiger partial charge in [0.25, 0.3) is 0 Å². The molecular weight excluding hydrogens is 533 g/mol. The van der Waals surface area contributed by atoms with E-state index in [1.807, 2.05) is 43.3 Å². The Bertz CT molecular complexity index is 1070. The summed E-state index contributed by atoms with van der Waals surface area (Å²) in [5, 5.41) is 8.69. The second kappa shape index (κ2) is 8.54. The van der Waals surface area contributed by atoms with Crippen LogP contribution >= 0.6 is 41.7 Å². The quantitative estimate of drug-likeness (QED) is 0.387. The highest BCUT2D eigenvalue weighted by atomic mass is 127. The van der Waals surface area contributed by atoms with Gasteiger partial charge in [0, 0.05) is 71.3 Å². The molecule has 0 spiro atoms. The Hall–Kier alpha value is -1.53. The third kappa shape index (κ3) is 4.70. The number of aryl methyl sites for hydroxylation is 1. The summed E-state index contributed by atoms with van der Waals surface area (Å²) in [6, 6.07) is 2.48. The van der Waals surface area contributed by atoms with Crippen LogP contribution in [0.3, 0.4) is 0 Å². The fraction of sp³-hybridized carbons (Fsp3) is 0.450. The molecule has 1 amide bonds. The molecule has 3 heterocycles. The number of nitrogens with one attached hydrogen (secondary N) is 2.